The molecule has 5 heterocycles. The highest BCUT2D eigenvalue weighted by Gasteiger charge is 2.48. The van der Waals surface area contributed by atoms with Crippen molar-refractivity contribution >= 4 is 34.9 Å². The van der Waals surface area contributed by atoms with Crippen LogP contribution in [0.25, 0.3) is 11.2 Å². The number of carbonyl (C=O) groups is 3. The zero-order valence-electron chi connectivity index (χ0n) is 22.2. The highest BCUT2D eigenvalue weighted by atomic mass is 16.6. The molecule has 3 saturated heterocycles. The van der Waals surface area contributed by atoms with Gasteiger partial charge in [0.1, 0.15) is 17.7 Å². The number of carbonyl (C=O) groups excluding carboxylic acids is 3. The highest BCUT2D eigenvalue weighted by molar-refractivity contribution is 5.85. The van der Waals surface area contributed by atoms with E-state index in [1.165, 1.54) is 10.9 Å². The highest BCUT2D eigenvalue weighted by Crippen LogP contribution is 2.33. The monoisotopic (exact) mass is 568 g/mol. The number of likely N-dealkylation sites (tertiary alicyclic amines) is 1. The molecule has 1 unspecified atom stereocenters. The van der Waals surface area contributed by atoms with Gasteiger partial charge in [-0.25, -0.2) is 19.7 Å². The van der Waals surface area contributed by atoms with E-state index in [4.69, 9.17) is 15.2 Å². The Morgan fingerprint density at radius 3 is 2.66 bits per heavy atom. The van der Waals surface area contributed by atoms with Gasteiger partial charge in [-0.15, -0.1) is 0 Å². The number of hydrogen-bond acceptors (Lipinski definition) is 11. The standard InChI is InChI=1S/C26H32N8O7/c27-21-17-22(34(12-29-17)25-19(36)18(35)20(41-25)24(38)30-14-4-5-14)32-16(31-21)3-1-2-13-7-10-33(11-8-13)26(39)40-15-6-9-28-23(15)37/h12-15,18-20,25,35-36H,2,4-11H2,(H,28,37)(H,30,38)(H2,27,31,32)/t15?,18-,19+,20-,25+/m0/s1. The van der Waals surface area contributed by atoms with Crippen molar-refractivity contribution in [3.05, 3.63) is 12.2 Å². The van der Waals surface area contributed by atoms with Crippen LogP contribution in [0.3, 0.4) is 0 Å². The minimum absolute atomic E-state index is 0.0765. The third-order valence-electron chi connectivity index (χ3n) is 7.85. The van der Waals surface area contributed by atoms with Gasteiger partial charge in [0.05, 0.1) is 6.33 Å². The van der Waals surface area contributed by atoms with Crippen LogP contribution in [0.1, 0.15) is 50.6 Å². The largest absolute Gasteiger partial charge is 0.436 e. The van der Waals surface area contributed by atoms with Gasteiger partial charge in [-0.2, -0.15) is 0 Å². The number of nitrogens with one attached hydrogen (secondary N) is 2. The van der Waals surface area contributed by atoms with Gasteiger partial charge in [-0.3, -0.25) is 14.2 Å². The molecule has 5 atom stereocenters. The van der Waals surface area contributed by atoms with E-state index in [-0.39, 0.29) is 40.7 Å². The summed E-state index contributed by atoms with van der Waals surface area (Å²) in [5.74, 6) is 5.81. The molecule has 0 radical (unpaired) electrons. The van der Waals surface area contributed by atoms with Crippen LogP contribution < -0.4 is 16.4 Å². The molecule has 0 bridgehead atoms. The lowest BCUT2D eigenvalue weighted by Gasteiger charge is -2.31. The average Bonchev–Trinajstić information content (AvgIpc) is 3.39. The quantitative estimate of drug-likeness (QED) is 0.270. The maximum atomic E-state index is 12.5. The van der Waals surface area contributed by atoms with Gasteiger partial charge in [0.15, 0.2) is 29.9 Å². The van der Waals surface area contributed by atoms with Crippen LogP contribution in [0.5, 0.6) is 0 Å². The van der Waals surface area contributed by atoms with Crippen molar-refractivity contribution in [1.82, 2.24) is 35.1 Å². The van der Waals surface area contributed by atoms with E-state index in [2.05, 4.69) is 37.4 Å². The summed E-state index contributed by atoms with van der Waals surface area (Å²) in [6, 6.07) is 0.0765. The van der Waals surface area contributed by atoms with Crippen LogP contribution in [0, 0.1) is 17.8 Å². The fourth-order valence-electron chi connectivity index (χ4n) is 5.27. The molecule has 6 rings (SSSR count). The first kappa shape index (κ1) is 27.2. The van der Waals surface area contributed by atoms with Gasteiger partial charge in [0, 0.05) is 38.5 Å². The maximum Gasteiger partial charge on any atom is 0.410 e. The Labute approximate surface area is 234 Å². The van der Waals surface area contributed by atoms with Gasteiger partial charge < -0.3 is 41.0 Å². The number of fused-ring (bicyclic) bond motifs is 1. The van der Waals surface area contributed by atoms with Gasteiger partial charge >= 0.3 is 6.09 Å². The average molecular weight is 569 g/mol. The number of nitrogens with zero attached hydrogens (tertiary/aromatic N) is 5. The number of imidazole rings is 1. The molecule has 3 amide bonds. The molecule has 4 fully saturated rings. The van der Waals surface area contributed by atoms with Crippen molar-refractivity contribution in [3.63, 3.8) is 0 Å². The second-order valence-corrected chi connectivity index (χ2v) is 10.9. The van der Waals surface area contributed by atoms with Crippen molar-refractivity contribution in [3.8, 4) is 11.8 Å². The van der Waals surface area contributed by atoms with Crippen molar-refractivity contribution in [2.75, 3.05) is 25.4 Å². The molecule has 6 N–H and O–H groups in total. The minimum atomic E-state index is -1.43. The SMILES string of the molecule is Nc1nc(C#CCC2CCN(C(=O)OC3CCNC3=O)CC2)nc2c1ncn2[C@@H]1O[C@H](C(=O)NC2CC2)[C@@H](O)[C@H]1O. The molecule has 4 aliphatic rings. The smallest absolute Gasteiger partial charge is 0.410 e. The summed E-state index contributed by atoms with van der Waals surface area (Å²) in [7, 11) is 0. The van der Waals surface area contributed by atoms with Crippen LogP contribution in [0.2, 0.25) is 0 Å². The van der Waals surface area contributed by atoms with Gasteiger partial charge in [-0.05, 0) is 37.5 Å². The van der Waals surface area contributed by atoms with E-state index >= 15 is 0 Å². The number of hydrogen-bond donors (Lipinski definition) is 5. The maximum absolute atomic E-state index is 12.5. The lowest BCUT2D eigenvalue weighted by atomic mass is 9.94. The summed E-state index contributed by atoms with van der Waals surface area (Å²) in [6.45, 7) is 1.55. The summed E-state index contributed by atoms with van der Waals surface area (Å²) in [4.78, 5) is 51.1. The first-order valence-electron chi connectivity index (χ1n) is 13.8. The molecule has 3 aliphatic heterocycles. The van der Waals surface area contributed by atoms with Crippen molar-refractivity contribution in [1.29, 1.82) is 0 Å². The molecule has 0 spiro atoms. The molecule has 2 aromatic rings. The Morgan fingerprint density at radius 1 is 1.17 bits per heavy atom. The predicted octanol–water partition coefficient (Wildman–Crippen LogP) is -1.21. The summed E-state index contributed by atoms with van der Waals surface area (Å²) in [5, 5.41) is 26.6. The molecule has 0 aromatic carbocycles. The van der Waals surface area contributed by atoms with E-state index in [1.807, 2.05) is 0 Å². The number of rotatable bonds is 5. The third-order valence-corrected chi connectivity index (χ3v) is 7.85. The normalized spacial score (nSPS) is 28.3. The van der Waals surface area contributed by atoms with Crippen LogP contribution >= 0.6 is 0 Å². The number of aliphatic hydroxyl groups excluding tert-OH is 2. The lowest BCUT2D eigenvalue weighted by molar-refractivity contribution is -0.137. The summed E-state index contributed by atoms with van der Waals surface area (Å²) in [5.41, 5.74) is 6.64. The predicted molar refractivity (Wildman–Crippen MR) is 141 cm³/mol. The van der Waals surface area contributed by atoms with Crippen LogP contribution in [-0.4, -0.2) is 103 Å². The number of aliphatic hydroxyl groups is 2. The number of nitrogen functional groups attached to an aromatic ring is 1. The molecular formula is C26H32N8O7. The summed E-state index contributed by atoms with van der Waals surface area (Å²) < 4.78 is 12.5. The Balaban J connectivity index is 1.08. The number of nitrogens with two attached hydrogens (primary N) is 1. The number of piperidine rings is 1. The molecule has 2 aromatic heterocycles. The van der Waals surface area contributed by atoms with E-state index in [1.54, 1.807) is 4.90 Å². The van der Waals surface area contributed by atoms with E-state index in [0.29, 0.717) is 32.5 Å². The number of anilines is 1. The number of amides is 3. The molecule has 41 heavy (non-hydrogen) atoms. The number of aromatic nitrogens is 4. The first-order valence-corrected chi connectivity index (χ1v) is 13.8. The van der Waals surface area contributed by atoms with Gasteiger partial charge in [0.25, 0.3) is 11.8 Å². The Hall–Kier alpha value is -4.00. The Kier molecular flexibility index (Phi) is 7.37. The molecular weight excluding hydrogens is 536 g/mol. The van der Waals surface area contributed by atoms with E-state index < -0.39 is 42.6 Å². The topological polar surface area (TPSA) is 207 Å². The van der Waals surface area contributed by atoms with Crippen molar-refractivity contribution in [2.24, 2.45) is 5.92 Å². The van der Waals surface area contributed by atoms with Gasteiger partial charge in [-0.1, -0.05) is 5.92 Å². The van der Waals surface area contributed by atoms with Crippen LogP contribution in [-0.2, 0) is 19.1 Å². The second-order valence-electron chi connectivity index (χ2n) is 10.9. The van der Waals surface area contributed by atoms with Crippen LogP contribution in [0.15, 0.2) is 6.33 Å². The fraction of sp³-hybridized carbons (Fsp3) is 0.615. The molecule has 1 aliphatic carbocycles. The summed E-state index contributed by atoms with van der Waals surface area (Å²) >= 11 is 0. The Bertz CT molecular complexity index is 1410. The molecule has 1 saturated carbocycles. The second kappa shape index (κ2) is 11.1. The van der Waals surface area contributed by atoms with Crippen molar-refractivity contribution in [2.45, 2.75) is 75.2 Å². The van der Waals surface area contributed by atoms with E-state index in [0.717, 1.165) is 25.7 Å². The zero-order valence-corrected chi connectivity index (χ0v) is 22.2. The molecule has 15 heteroatoms. The minimum Gasteiger partial charge on any atom is -0.436 e. The molecule has 15 nitrogen and oxygen atoms in total. The third kappa shape index (κ3) is 5.63. The summed E-state index contributed by atoms with van der Waals surface area (Å²) in [6.07, 6.45) is -0.699. The van der Waals surface area contributed by atoms with E-state index in [9.17, 15) is 24.6 Å². The number of ether oxygens (including phenoxy) is 2. The van der Waals surface area contributed by atoms with Crippen LogP contribution in [0.4, 0.5) is 10.6 Å². The lowest BCUT2D eigenvalue weighted by Crippen LogP contribution is -2.43. The van der Waals surface area contributed by atoms with Gasteiger partial charge in [0.2, 0.25) is 5.82 Å². The zero-order chi connectivity index (χ0) is 28.7. The fourth-order valence-corrected chi connectivity index (χ4v) is 5.27. The Morgan fingerprint density at radius 2 is 1.95 bits per heavy atom. The first-order chi connectivity index (χ1) is 19.8. The van der Waals surface area contributed by atoms with Crippen molar-refractivity contribution < 1.29 is 34.1 Å². The molecule has 218 valence electrons.